The zero-order valence-electron chi connectivity index (χ0n) is 15.0. The number of hydrogen-bond donors (Lipinski definition) is 1. The van der Waals surface area contributed by atoms with Crippen molar-refractivity contribution in [1.29, 1.82) is 0 Å². The van der Waals surface area contributed by atoms with Gasteiger partial charge in [0.15, 0.2) is 0 Å². The first kappa shape index (κ1) is 20.4. The standard InChI is InChI=1S/C19H18N4O2S3/c1-13-2-4-15(5-3-13)11-26-18-22-23-19(28-18)27-12-17(25)21-20-10-14-6-8-16(24)9-7-14/h2-10,24H,11-12H2,1H3,(H,21,25)/b20-10+. The summed E-state index contributed by atoms with van der Waals surface area (Å²) in [6.07, 6.45) is 1.50. The average molecular weight is 431 g/mol. The van der Waals surface area contributed by atoms with E-state index in [1.165, 1.54) is 52.6 Å². The maximum atomic E-state index is 11.9. The fourth-order valence-corrected chi connectivity index (χ4v) is 4.91. The molecule has 2 N–H and O–H groups in total. The lowest BCUT2D eigenvalue weighted by molar-refractivity contribution is -0.492. The monoisotopic (exact) mass is 430 g/mol. The zero-order chi connectivity index (χ0) is 19.8. The molecule has 6 nitrogen and oxygen atoms in total. The molecule has 0 fully saturated rings. The van der Waals surface area contributed by atoms with Crippen molar-refractivity contribution in [3.05, 3.63) is 65.2 Å². The number of H-pyrrole nitrogens is 1. The normalized spacial score (nSPS) is 11.0. The molecule has 28 heavy (non-hydrogen) atoms. The van der Waals surface area contributed by atoms with Crippen LogP contribution >= 0.6 is 34.9 Å². The Labute approximate surface area is 175 Å². The van der Waals surface area contributed by atoms with E-state index in [-0.39, 0.29) is 17.4 Å². The summed E-state index contributed by atoms with van der Waals surface area (Å²) in [5.41, 5.74) is 5.72. The van der Waals surface area contributed by atoms with Crippen LogP contribution in [0.25, 0.3) is 0 Å². The Morgan fingerprint density at radius 3 is 2.71 bits per heavy atom. The van der Waals surface area contributed by atoms with E-state index in [4.69, 9.17) is 0 Å². The SMILES string of the molecule is Cc1ccc(CSc2[nH+]nc(SCC(=O)N/N=C/c3ccc([O-])cc3)s2)cc1. The summed E-state index contributed by atoms with van der Waals surface area (Å²) in [5, 5.41) is 22.2. The molecule has 0 bridgehead atoms. The van der Waals surface area contributed by atoms with Crippen LogP contribution in [-0.4, -0.2) is 23.0 Å². The molecule has 0 saturated heterocycles. The number of aryl methyl sites for hydroxylation is 1. The molecule has 1 aromatic heterocycles. The van der Waals surface area contributed by atoms with Crippen molar-refractivity contribution < 1.29 is 15.0 Å². The predicted molar refractivity (Wildman–Crippen MR) is 112 cm³/mol. The summed E-state index contributed by atoms with van der Waals surface area (Å²) < 4.78 is 1.81. The van der Waals surface area contributed by atoms with Gasteiger partial charge in [0.1, 0.15) is 0 Å². The van der Waals surface area contributed by atoms with E-state index in [0.29, 0.717) is 0 Å². The van der Waals surface area contributed by atoms with Crippen molar-refractivity contribution >= 4 is 47.0 Å². The first-order valence-corrected chi connectivity index (χ1v) is 11.2. The predicted octanol–water partition coefficient (Wildman–Crippen LogP) is 2.87. The number of amides is 1. The van der Waals surface area contributed by atoms with Gasteiger partial charge in [-0.2, -0.15) is 5.10 Å². The molecule has 0 atom stereocenters. The Balaban J connectivity index is 1.40. The van der Waals surface area contributed by atoms with Crippen molar-refractivity contribution in [2.45, 2.75) is 21.4 Å². The molecular formula is C19H18N4O2S3. The lowest BCUT2D eigenvalue weighted by Gasteiger charge is -2.02. The van der Waals surface area contributed by atoms with E-state index >= 15 is 0 Å². The van der Waals surface area contributed by atoms with Gasteiger partial charge in [0.25, 0.3) is 5.91 Å². The topological polar surface area (TPSA) is 91.6 Å². The van der Waals surface area contributed by atoms with Crippen LogP contribution in [0.5, 0.6) is 5.75 Å². The minimum Gasteiger partial charge on any atom is -0.872 e. The van der Waals surface area contributed by atoms with Gasteiger partial charge in [-0.25, -0.2) is 5.43 Å². The Kier molecular flexibility index (Phi) is 7.46. The van der Waals surface area contributed by atoms with Gasteiger partial charge >= 0.3 is 4.34 Å². The summed E-state index contributed by atoms with van der Waals surface area (Å²) >= 11 is 4.58. The highest BCUT2D eigenvalue weighted by atomic mass is 32.2. The summed E-state index contributed by atoms with van der Waals surface area (Å²) in [6, 6.07) is 14.7. The summed E-state index contributed by atoms with van der Waals surface area (Å²) in [6.45, 7) is 2.07. The molecular weight excluding hydrogens is 412 g/mol. The largest absolute Gasteiger partial charge is 0.872 e. The van der Waals surface area contributed by atoms with Gasteiger partial charge in [-0.1, -0.05) is 71.0 Å². The first-order chi connectivity index (χ1) is 13.6. The van der Waals surface area contributed by atoms with Gasteiger partial charge in [-0.05, 0) is 41.1 Å². The minimum absolute atomic E-state index is 0.0609. The Morgan fingerprint density at radius 2 is 1.96 bits per heavy atom. The van der Waals surface area contributed by atoms with E-state index in [0.717, 1.165) is 20.0 Å². The van der Waals surface area contributed by atoms with Gasteiger partial charge in [0.05, 0.1) is 12.0 Å². The molecule has 3 rings (SSSR count). The van der Waals surface area contributed by atoms with Crippen molar-refractivity contribution in [2.24, 2.45) is 5.10 Å². The molecule has 3 aromatic rings. The molecule has 9 heteroatoms. The Morgan fingerprint density at radius 1 is 1.21 bits per heavy atom. The number of carbonyl (C=O) groups excluding carboxylic acids is 1. The molecule has 1 heterocycles. The number of nitrogens with one attached hydrogen (secondary N) is 2. The number of hydrogen-bond acceptors (Lipinski definition) is 7. The van der Waals surface area contributed by atoms with Crippen LogP contribution in [0.3, 0.4) is 0 Å². The number of benzene rings is 2. The number of aromatic amines is 1. The molecule has 0 aliphatic carbocycles. The number of carbonyl (C=O) groups is 1. The summed E-state index contributed by atoms with van der Waals surface area (Å²) in [7, 11) is 0. The molecule has 0 aliphatic heterocycles. The van der Waals surface area contributed by atoms with E-state index in [1.807, 2.05) is 0 Å². The number of thioether (sulfide) groups is 2. The molecule has 2 aromatic carbocycles. The number of hydrazone groups is 1. The van der Waals surface area contributed by atoms with Crippen LogP contribution < -0.4 is 15.6 Å². The molecule has 0 saturated carbocycles. The molecule has 144 valence electrons. The average Bonchev–Trinajstić information content (AvgIpc) is 3.15. The van der Waals surface area contributed by atoms with Crippen molar-refractivity contribution in [3.8, 4) is 5.75 Å². The lowest BCUT2D eigenvalue weighted by Crippen LogP contribution is -2.19. The van der Waals surface area contributed by atoms with E-state index < -0.39 is 0 Å². The molecule has 0 spiro atoms. The highest BCUT2D eigenvalue weighted by Gasteiger charge is 2.13. The second kappa shape index (κ2) is 10.3. The van der Waals surface area contributed by atoms with E-state index in [2.05, 4.69) is 51.9 Å². The second-order valence-electron chi connectivity index (χ2n) is 5.80. The molecule has 0 unspecified atom stereocenters. The highest BCUT2D eigenvalue weighted by Crippen LogP contribution is 2.28. The molecule has 0 aliphatic rings. The third-order valence-corrected chi connectivity index (χ3v) is 6.84. The number of aromatic nitrogens is 2. The van der Waals surface area contributed by atoms with E-state index in [9.17, 15) is 9.90 Å². The molecule has 0 radical (unpaired) electrons. The summed E-state index contributed by atoms with van der Waals surface area (Å²) in [4.78, 5) is 11.9. The zero-order valence-corrected chi connectivity index (χ0v) is 17.5. The fourth-order valence-electron chi connectivity index (χ4n) is 2.07. The van der Waals surface area contributed by atoms with Gasteiger partial charge < -0.3 is 5.11 Å². The lowest BCUT2D eigenvalue weighted by atomic mass is 10.2. The minimum atomic E-state index is -0.217. The van der Waals surface area contributed by atoms with Crippen LogP contribution in [0.2, 0.25) is 0 Å². The maximum absolute atomic E-state index is 11.9. The van der Waals surface area contributed by atoms with Gasteiger partial charge in [-0.15, -0.1) is 5.75 Å². The highest BCUT2D eigenvalue weighted by molar-refractivity contribution is 8.03. The van der Waals surface area contributed by atoms with Crippen LogP contribution in [0.1, 0.15) is 16.7 Å². The maximum Gasteiger partial charge on any atom is 0.323 e. The van der Waals surface area contributed by atoms with Gasteiger partial charge in [-0.3, -0.25) is 4.79 Å². The fraction of sp³-hybridized carbons (Fsp3) is 0.158. The third kappa shape index (κ3) is 6.66. The van der Waals surface area contributed by atoms with E-state index in [1.54, 1.807) is 23.9 Å². The quantitative estimate of drug-likeness (QED) is 0.337. The molecule has 1 amide bonds. The Hall–Kier alpha value is -2.36. The van der Waals surface area contributed by atoms with Crippen molar-refractivity contribution in [3.63, 3.8) is 0 Å². The van der Waals surface area contributed by atoms with Crippen molar-refractivity contribution in [2.75, 3.05) is 5.75 Å². The summed E-state index contributed by atoms with van der Waals surface area (Å²) in [5.74, 6) is 0.811. The smallest absolute Gasteiger partial charge is 0.323 e. The Bertz CT molecular complexity index is 941. The third-order valence-electron chi connectivity index (χ3n) is 3.52. The van der Waals surface area contributed by atoms with Crippen LogP contribution in [0, 0.1) is 6.92 Å². The van der Waals surface area contributed by atoms with Crippen LogP contribution in [0.4, 0.5) is 0 Å². The van der Waals surface area contributed by atoms with Crippen LogP contribution in [0.15, 0.2) is 62.3 Å². The number of rotatable bonds is 8. The number of nitrogens with zero attached hydrogens (tertiary/aromatic N) is 2. The first-order valence-electron chi connectivity index (χ1n) is 8.37. The second-order valence-corrected chi connectivity index (χ2v) is 9.27. The van der Waals surface area contributed by atoms with Crippen LogP contribution in [-0.2, 0) is 10.5 Å². The van der Waals surface area contributed by atoms with Crippen molar-refractivity contribution in [1.82, 2.24) is 10.5 Å². The van der Waals surface area contributed by atoms with Gasteiger partial charge in [0, 0.05) is 10.9 Å². The van der Waals surface area contributed by atoms with Gasteiger partial charge in [0.2, 0.25) is 4.34 Å².